The molecule has 0 saturated carbocycles. The maximum Gasteiger partial charge on any atom is 0.300 e. The first-order valence-corrected chi connectivity index (χ1v) is 11.8. The van der Waals surface area contributed by atoms with Crippen LogP contribution in [0.5, 0.6) is 23.0 Å². The largest absolute Gasteiger partial charge is 0.507 e. The monoisotopic (exact) mass is 533 g/mol. The molecule has 0 bridgehead atoms. The zero-order valence-electron chi connectivity index (χ0n) is 18.3. The lowest BCUT2D eigenvalue weighted by molar-refractivity contribution is -0.132. The molecule has 1 saturated heterocycles. The standard InChI is InChI=1S/C24H17Cl2NO7S/c1-31-22-12(9-13(25)23(32-2)18(22)26)20(28)17-19(16-4-3-7-35-16)27(24(30)21(17)29)11-5-6-14-15(8-11)34-10-33-14/h3-9,19,28H,10H2,1-2H3/b20-17-. The number of nitrogens with zero attached hydrogens (tertiary/aromatic N) is 1. The van der Waals surface area contributed by atoms with Crippen LogP contribution < -0.4 is 23.8 Å². The third kappa shape index (κ3) is 3.67. The molecule has 0 aliphatic carbocycles. The highest BCUT2D eigenvalue weighted by atomic mass is 35.5. The van der Waals surface area contributed by atoms with E-state index in [1.807, 2.05) is 5.38 Å². The van der Waals surface area contributed by atoms with Crippen LogP contribution in [-0.4, -0.2) is 37.8 Å². The van der Waals surface area contributed by atoms with Crippen LogP contribution >= 0.6 is 34.5 Å². The van der Waals surface area contributed by atoms with Gasteiger partial charge in [0.25, 0.3) is 11.7 Å². The minimum atomic E-state index is -0.917. The summed E-state index contributed by atoms with van der Waals surface area (Å²) in [6.45, 7) is 0.0603. The molecular formula is C24H17Cl2NO7S. The third-order valence-corrected chi connectivity index (χ3v) is 7.23. The Morgan fingerprint density at radius 1 is 1.09 bits per heavy atom. The van der Waals surface area contributed by atoms with Gasteiger partial charge in [0.2, 0.25) is 6.79 Å². The number of hydrogen-bond donors (Lipinski definition) is 1. The third-order valence-electron chi connectivity index (χ3n) is 5.69. The van der Waals surface area contributed by atoms with Crippen LogP contribution in [0.3, 0.4) is 0 Å². The lowest BCUT2D eigenvalue weighted by Crippen LogP contribution is -2.29. The number of carbonyl (C=O) groups is 2. The summed E-state index contributed by atoms with van der Waals surface area (Å²) in [7, 11) is 2.74. The number of benzene rings is 2. The molecule has 1 fully saturated rings. The summed E-state index contributed by atoms with van der Waals surface area (Å²) in [6, 6.07) is 8.96. The Balaban J connectivity index is 1.73. The Morgan fingerprint density at radius 3 is 2.51 bits per heavy atom. The van der Waals surface area contributed by atoms with E-state index in [9.17, 15) is 14.7 Å². The number of aliphatic hydroxyl groups excluding tert-OH is 1. The van der Waals surface area contributed by atoms with Crippen LogP contribution in [0.2, 0.25) is 10.0 Å². The van der Waals surface area contributed by atoms with Crippen LogP contribution in [0.25, 0.3) is 5.76 Å². The van der Waals surface area contributed by atoms with Gasteiger partial charge in [-0.25, -0.2) is 0 Å². The number of ether oxygens (including phenoxy) is 4. The molecular weight excluding hydrogens is 517 g/mol. The first-order chi connectivity index (χ1) is 16.9. The predicted molar refractivity (Wildman–Crippen MR) is 131 cm³/mol. The first kappa shape index (κ1) is 23.3. The molecule has 3 heterocycles. The number of anilines is 1. The second-order valence-corrected chi connectivity index (χ2v) is 9.27. The van der Waals surface area contributed by atoms with E-state index in [1.54, 1.807) is 30.3 Å². The van der Waals surface area contributed by atoms with Gasteiger partial charge in [-0.05, 0) is 29.6 Å². The number of ketones is 1. The molecule has 1 unspecified atom stereocenters. The van der Waals surface area contributed by atoms with E-state index in [0.29, 0.717) is 22.1 Å². The summed E-state index contributed by atoms with van der Waals surface area (Å²) in [5.74, 6) is -0.984. The van der Waals surface area contributed by atoms with E-state index < -0.39 is 23.5 Å². The Bertz CT molecular complexity index is 1390. The highest BCUT2D eigenvalue weighted by molar-refractivity contribution is 7.10. The summed E-state index contributed by atoms with van der Waals surface area (Å²) in [4.78, 5) is 28.6. The van der Waals surface area contributed by atoms with Gasteiger partial charge in [0, 0.05) is 16.6 Å². The molecule has 8 nitrogen and oxygen atoms in total. The highest BCUT2D eigenvalue weighted by Gasteiger charge is 2.48. The summed E-state index contributed by atoms with van der Waals surface area (Å²) in [5, 5.41) is 13.4. The smallest absolute Gasteiger partial charge is 0.300 e. The number of rotatable bonds is 5. The number of carbonyl (C=O) groups excluding carboxylic acids is 2. The van der Waals surface area contributed by atoms with Gasteiger partial charge in [0.05, 0.1) is 30.4 Å². The lowest BCUT2D eigenvalue weighted by Gasteiger charge is -2.24. The molecule has 0 spiro atoms. The van der Waals surface area contributed by atoms with Crippen molar-refractivity contribution in [2.24, 2.45) is 0 Å². The quantitative estimate of drug-likeness (QED) is 0.265. The van der Waals surface area contributed by atoms with Gasteiger partial charge in [-0.2, -0.15) is 0 Å². The summed E-state index contributed by atoms with van der Waals surface area (Å²) >= 11 is 14.0. The normalized spacial score (nSPS) is 18.3. The number of halogens is 2. The summed E-state index contributed by atoms with van der Waals surface area (Å²) in [5.41, 5.74) is 0.325. The van der Waals surface area contributed by atoms with Crippen molar-refractivity contribution in [3.8, 4) is 23.0 Å². The fraction of sp³-hybridized carbons (Fsp3) is 0.167. The Hall–Kier alpha value is -3.40. The van der Waals surface area contributed by atoms with E-state index in [0.717, 1.165) is 0 Å². The van der Waals surface area contributed by atoms with Crippen molar-refractivity contribution in [2.45, 2.75) is 6.04 Å². The Morgan fingerprint density at radius 2 is 1.83 bits per heavy atom. The van der Waals surface area contributed by atoms with Crippen LogP contribution in [0.1, 0.15) is 16.5 Å². The van der Waals surface area contributed by atoms with Crippen molar-refractivity contribution >= 4 is 57.7 Å². The van der Waals surface area contributed by atoms with E-state index in [2.05, 4.69) is 0 Å². The summed E-state index contributed by atoms with van der Waals surface area (Å²) in [6.07, 6.45) is 0. The number of aliphatic hydroxyl groups is 1. The number of amides is 1. The zero-order chi connectivity index (χ0) is 24.9. The van der Waals surface area contributed by atoms with Crippen molar-refractivity contribution in [1.29, 1.82) is 0 Å². The molecule has 0 radical (unpaired) electrons. The maximum absolute atomic E-state index is 13.3. The zero-order valence-corrected chi connectivity index (χ0v) is 20.7. The topological polar surface area (TPSA) is 94.5 Å². The van der Waals surface area contributed by atoms with Crippen molar-refractivity contribution in [3.05, 3.63) is 67.8 Å². The molecule has 11 heteroatoms. The SMILES string of the molecule is COc1c(Cl)cc(/C(O)=C2/C(=O)C(=O)N(c3ccc4c(c3)OCO4)C2c2cccs2)c(OC)c1Cl. The Labute approximate surface area is 213 Å². The molecule has 3 aromatic rings. The van der Waals surface area contributed by atoms with Gasteiger partial charge in [0.15, 0.2) is 23.0 Å². The van der Waals surface area contributed by atoms with Crippen molar-refractivity contribution in [2.75, 3.05) is 25.9 Å². The van der Waals surface area contributed by atoms with E-state index >= 15 is 0 Å². The molecule has 1 N–H and O–H groups in total. The predicted octanol–water partition coefficient (Wildman–Crippen LogP) is 5.43. The number of hydrogen-bond acceptors (Lipinski definition) is 8. The van der Waals surface area contributed by atoms with Crippen molar-refractivity contribution in [1.82, 2.24) is 0 Å². The first-order valence-electron chi connectivity index (χ1n) is 10.2. The van der Waals surface area contributed by atoms with Gasteiger partial charge >= 0.3 is 0 Å². The van der Waals surface area contributed by atoms with Crippen LogP contribution in [0.4, 0.5) is 5.69 Å². The second kappa shape index (κ2) is 8.99. The van der Waals surface area contributed by atoms with E-state index in [4.69, 9.17) is 42.1 Å². The lowest BCUT2D eigenvalue weighted by atomic mass is 9.99. The van der Waals surface area contributed by atoms with E-state index in [-0.39, 0.29) is 39.5 Å². The molecule has 5 rings (SSSR count). The van der Waals surface area contributed by atoms with Gasteiger partial charge in [-0.3, -0.25) is 14.5 Å². The average Bonchev–Trinajstić information content (AvgIpc) is 3.59. The minimum absolute atomic E-state index is 0.0155. The molecule has 1 aromatic heterocycles. The van der Waals surface area contributed by atoms with Gasteiger partial charge < -0.3 is 24.1 Å². The van der Waals surface area contributed by atoms with E-state index in [1.165, 1.54) is 36.5 Å². The molecule has 35 heavy (non-hydrogen) atoms. The van der Waals surface area contributed by atoms with Gasteiger partial charge in [-0.15, -0.1) is 11.3 Å². The molecule has 180 valence electrons. The van der Waals surface area contributed by atoms with Crippen LogP contribution in [0.15, 0.2) is 47.4 Å². The summed E-state index contributed by atoms with van der Waals surface area (Å²) < 4.78 is 21.4. The van der Waals surface area contributed by atoms with Crippen LogP contribution in [-0.2, 0) is 9.59 Å². The molecule has 2 aliphatic heterocycles. The number of methoxy groups -OCH3 is 2. The number of fused-ring (bicyclic) bond motifs is 1. The van der Waals surface area contributed by atoms with Crippen molar-refractivity contribution < 1.29 is 33.6 Å². The van der Waals surface area contributed by atoms with Gasteiger partial charge in [0.1, 0.15) is 16.8 Å². The highest BCUT2D eigenvalue weighted by Crippen LogP contribution is 2.49. The minimum Gasteiger partial charge on any atom is -0.507 e. The Kier molecular flexibility index (Phi) is 6.00. The molecule has 2 aliphatic rings. The molecule has 1 amide bonds. The second-order valence-electron chi connectivity index (χ2n) is 7.51. The molecule has 1 atom stereocenters. The van der Waals surface area contributed by atoms with Gasteiger partial charge in [-0.1, -0.05) is 29.3 Å². The van der Waals surface area contributed by atoms with Crippen LogP contribution in [0, 0.1) is 0 Å². The van der Waals surface area contributed by atoms with Crippen molar-refractivity contribution in [3.63, 3.8) is 0 Å². The number of thiophene rings is 1. The fourth-order valence-electron chi connectivity index (χ4n) is 4.14. The number of Topliss-reactive ketones (excluding diaryl/α,β-unsaturated/α-hetero) is 1. The average molecular weight is 534 g/mol. The fourth-order valence-corrected chi connectivity index (χ4v) is 5.65. The molecule has 2 aromatic carbocycles. The maximum atomic E-state index is 13.3.